The van der Waals surface area contributed by atoms with Gasteiger partial charge in [0.1, 0.15) is 5.75 Å². The molecule has 1 heterocycles. The molecule has 3 aromatic rings. The molecule has 0 aliphatic rings. The van der Waals surface area contributed by atoms with E-state index in [1.54, 1.807) is 23.7 Å². The Kier molecular flexibility index (Phi) is 4.99. The fourth-order valence-electron chi connectivity index (χ4n) is 2.69. The van der Waals surface area contributed by atoms with Crippen LogP contribution in [0.2, 0.25) is 0 Å². The molecular weight excluding hydrogens is 350 g/mol. The summed E-state index contributed by atoms with van der Waals surface area (Å²) in [5.41, 5.74) is 2.70. The number of hydrogen-bond donors (Lipinski definition) is 1. The first-order chi connectivity index (χ1) is 12.4. The molecule has 1 aromatic heterocycles. The van der Waals surface area contributed by atoms with E-state index in [0.29, 0.717) is 23.7 Å². The Labute approximate surface area is 153 Å². The fourth-order valence-corrected chi connectivity index (χ4v) is 3.86. The minimum Gasteiger partial charge on any atom is -0.494 e. The lowest BCUT2D eigenvalue weighted by atomic mass is 10.3. The largest absolute Gasteiger partial charge is 0.494 e. The number of sulfonamides is 1. The zero-order valence-corrected chi connectivity index (χ0v) is 15.7. The number of rotatable bonds is 6. The third kappa shape index (κ3) is 3.57. The number of hydrogen-bond acceptors (Lipinski definition) is 4. The van der Waals surface area contributed by atoms with Crippen LogP contribution >= 0.6 is 0 Å². The summed E-state index contributed by atoms with van der Waals surface area (Å²) in [4.78, 5) is 0.173. The van der Waals surface area contributed by atoms with E-state index in [-0.39, 0.29) is 4.90 Å². The van der Waals surface area contributed by atoms with Crippen LogP contribution < -0.4 is 9.46 Å². The van der Waals surface area contributed by atoms with E-state index >= 15 is 0 Å². The van der Waals surface area contributed by atoms with Gasteiger partial charge in [0.25, 0.3) is 10.0 Å². The van der Waals surface area contributed by atoms with Crippen LogP contribution in [0.4, 0.5) is 5.69 Å². The molecule has 0 spiro atoms. The fraction of sp³-hybridized carbons (Fsp3) is 0.211. The smallest absolute Gasteiger partial charge is 0.262 e. The lowest BCUT2D eigenvalue weighted by molar-refractivity contribution is 0.340. The predicted molar refractivity (Wildman–Crippen MR) is 101 cm³/mol. The standard InChI is InChI=1S/C19H21N3O3S/c1-4-25-17-10-12-18(13-11-17)26(23,24)21-19-14(2)20-22(15(19)3)16-8-6-5-7-9-16/h5-13,21H,4H2,1-3H3. The van der Waals surface area contributed by atoms with Crippen LogP contribution in [-0.4, -0.2) is 24.8 Å². The maximum absolute atomic E-state index is 12.7. The summed E-state index contributed by atoms with van der Waals surface area (Å²) < 4.78 is 35.2. The molecule has 0 saturated carbocycles. The molecule has 7 heteroatoms. The highest BCUT2D eigenvalue weighted by Crippen LogP contribution is 2.26. The van der Waals surface area contributed by atoms with E-state index in [1.807, 2.05) is 44.2 Å². The highest BCUT2D eigenvalue weighted by molar-refractivity contribution is 7.92. The van der Waals surface area contributed by atoms with Crippen molar-refractivity contribution < 1.29 is 13.2 Å². The summed E-state index contributed by atoms with van der Waals surface area (Å²) in [5.74, 6) is 0.635. The number of ether oxygens (including phenoxy) is 1. The highest BCUT2D eigenvalue weighted by Gasteiger charge is 2.20. The Balaban J connectivity index is 1.92. The van der Waals surface area contributed by atoms with Gasteiger partial charge in [0.15, 0.2) is 0 Å². The maximum Gasteiger partial charge on any atom is 0.262 e. The summed E-state index contributed by atoms with van der Waals surface area (Å²) >= 11 is 0. The molecule has 0 fully saturated rings. The van der Waals surface area contributed by atoms with Crippen molar-refractivity contribution in [3.05, 3.63) is 66.0 Å². The van der Waals surface area contributed by atoms with Crippen LogP contribution in [0.25, 0.3) is 5.69 Å². The molecule has 0 atom stereocenters. The van der Waals surface area contributed by atoms with E-state index in [4.69, 9.17) is 4.74 Å². The van der Waals surface area contributed by atoms with Gasteiger partial charge < -0.3 is 4.74 Å². The number of nitrogens with zero attached hydrogens (tertiary/aromatic N) is 2. The Morgan fingerprint density at radius 2 is 1.69 bits per heavy atom. The molecule has 0 amide bonds. The minimum atomic E-state index is -3.72. The SMILES string of the molecule is CCOc1ccc(S(=O)(=O)Nc2c(C)nn(-c3ccccc3)c2C)cc1. The monoisotopic (exact) mass is 371 g/mol. The van der Waals surface area contributed by atoms with E-state index in [0.717, 1.165) is 11.4 Å². The van der Waals surface area contributed by atoms with E-state index in [2.05, 4.69) is 9.82 Å². The van der Waals surface area contributed by atoms with Crippen LogP contribution in [0.1, 0.15) is 18.3 Å². The molecule has 0 unspecified atom stereocenters. The summed E-state index contributed by atoms with van der Waals surface area (Å²) in [7, 11) is -3.72. The van der Waals surface area contributed by atoms with Crippen molar-refractivity contribution in [2.24, 2.45) is 0 Å². The van der Waals surface area contributed by atoms with Gasteiger partial charge >= 0.3 is 0 Å². The van der Waals surface area contributed by atoms with Gasteiger partial charge in [-0.15, -0.1) is 0 Å². The highest BCUT2D eigenvalue weighted by atomic mass is 32.2. The predicted octanol–water partition coefficient (Wildman–Crippen LogP) is 3.69. The van der Waals surface area contributed by atoms with E-state index in [1.165, 1.54) is 12.1 Å². The first-order valence-electron chi connectivity index (χ1n) is 8.29. The zero-order chi connectivity index (χ0) is 18.7. The molecule has 0 saturated heterocycles. The van der Waals surface area contributed by atoms with Gasteiger partial charge in [-0.3, -0.25) is 4.72 Å². The van der Waals surface area contributed by atoms with E-state index < -0.39 is 10.0 Å². The molecule has 2 aromatic carbocycles. The van der Waals surface area contributed by atoms with Crippen molar-refractivity contribution in [3.8, 4) is 11.4 Å². The maximum atomic E-state index is 12.7. The van der Waals surface area contributed by atoms with Crippen molar-refractivity contribution in [1.82, 2.24) is 9.78 Å². The lowest BCUT2D eigenvalue weighted by Crippen LogP contribution is -2.14. The van der Waals surface area contributed by atoms with Gasteiger partial charge in [0.05, 0.1) is 34.3 Å². The topological polar surface area (TPSA) is 73.2 Å². The molecule has 0 bridgehead atoms. The lowest BCUT2D eigenvalue weighted by Gasteiger charge is -2.10. The Bertz CT molecular complexity index is 995. The van der Waals surface area contributed by atoms with Crippen LogP contribution in [0.15, 0.2) is 59.5 Å². The van der Waals surface area contributed by atoms with Crippen molar-refractivity contribution >= 4 is 15.7 Å². The van der Waals surface area contributed by atoms with Crippen LogP contribution in [0.5, 0.6) is 5.75 Å². The Morgan fingerprint density at radius 3 is 2.31 bits per heavy atom. The third-order valence-corrected chi connectivity index (χ3v) is 5.34. The first kappa shape index (κ1) is 18.0. The molecule has 0 aliphatic carbocycles. The van der Waals surface area contributed by atoms with Gasteiger partial charge in [-0.05, 0) is 57.2 Å². The van der Waals surface area contributed by atoms with Crippen molar-refractivity contribution in [1.29, 1.82) is 0 Å². The number of benzene rings is 2. The zero-order valence-electron chi connectivity index (χ0n) is 14.9. The number of aryl methyl sites for hydroxylation is 1. The molecule has 26 heavy (non-hydrogen) atoms. The second-order valence-corrected chi connectivity index (χ2v) is 7.49. The quantitative estimate of drug-likeness (QED) is 0.717. The minimum absolute atomic E-state index is 0.173. The second-order valence-electron chi connectivity index (χ2n) is 5.80. The Hall–Kier alpha value is -2.80. The van der Waals surface area contributed by atoms with Crippen LogP contribution in [-0.2, 0) is 10.0 Å². The number of nitrogens with one attached hydrogen (secondary N) is 1. The average molecular weight is 371 g/mol. The molecule has 136 valence electrons. The molecular formula is C19H21N3O3S. The van der Waals surface area contributed by atoms with Gasteiger partial charge in [-0.25, -0.2) is 13.1 Å². The van der Waals surface area contributed by atoms with Crippen molar-refractivity contribution in [2.75, 3.05) is 11.3 Å². The molecule has 1 N–H and O–H groups in total. The normalized spacial score (nSPS) is 11.3. The number of para-hydroxylation sites is 1. The summed E-state index contributed by atoms with van der Waals surface area (Å²) in [6.45, 7) is 6.02. The van der Waals surface area contributed by atoms with Crippen LogP contribution in [0, 0.1) is 13.8 Å². The summed E-state index contributed by atoms with van der Waals surface area (Å²) in [6.07, 6.45) is 0. The van der Waals surface area contributed by atoms with Crippen molar-refractivity contribution in [2.45, 2.75) is 25.7 Å². The Morgan fingerprint density at radius 1 is 1.04 bits per heavy atom. The first-order valence-corrected chi connectivity index (χ1v) is 9.78. The van der Waals surface area contributed by atoms with Crippen molar-refractivity contribution in [3.63, 3.8) is 0 Å². The summed E-state index contributed by atoms with van der Waals surface area (Å²) in [5, 5.41) is 4.47. The third-order valence-electron chi connectivity index (χ3n) is 3.97. The van der Waals surface area contributed by atoms with Crippen LogP contribution in [0.3, 0.4) is 0 Å². The molecule has 6 nitrogen and oxygen atoms in total. The molecule has 0 aliphatic heterocycles. The van der Waals surface area contributed by atoms with E-state index in [9.17, 15) is 8.42 Å². The number of aromatic nitrogens is 2. The second kappa shape index (κ2) is 7.21. The molecule has 3 rings (SSSR count). The summed E-state index contributed by atoms with van der Waals surface area (Å²) in [6, 6.07) is 15.9. The van der Waals surface area contributed by atoms with Gasteiger partial charge in [0, 0.05) is 0 Å². The van der Waals surface area contributed by atoms with Gasteiger partial charge in [0.2, 0.25) is 0 Å². The molecule has 0 radical (unpaired) electrons. The average Bonchev–Trinajstić information content (AvgIpc) is 2.91. The van der Waals surface area contributed by atoms with Gasteiger partial charge in [-0.2, -0.15) is 5.10 Å². The van der Waals surface area contributed by atoms with Gasteiger partial charge in [-0.1, -0.05) is 18.2 Å². The number of anilines is 1.